The maximum absolute atomic E-state index is 11.2. The lowest BCUT2D eigenvalue weighted by atomic mass is 9.73. The minimum Gasteiger partial charge on any atom is -0.465 e. The fourth-order valence-corrected chi connectivity index (χ4v) is 6.74. The second-order valence-corrected chi connectivity index (χ2v) is 9.31. The first-order chi connectivity index (χ1) is 12.6. The predicted molar refractivity (Wildman–Crippen MR) is 101 cm³/mol. The third kappa shape index (κ3) is 2.74. The highest BCUT2D eigenvalue weighted by Crippen LogP contribution is 2.52. The van der Waals surface area contributed by atoms with E-state index >= 15 is 0 Å². The third-order valence-electron chi connectivity index (χ3n) is 7.99. The van der Waals surface area contributed by atoms with Crippen LogP contribution in [0.3, 0.4) is 0 Å². The molecule has 1 heterocycles. The zero-order valence-corrected chi connectivity index (χ0v) is 15.5. The molecular formula is C22H30N2O2. The number of hydrogen-bond acceptors (Lipinski definition) is 2. The summed E-state index contributed by atoms with van der Waals surface area (Å²) in [5.74, 6) is 2.98. The highest BCUT2D eigenvalue weighted by Gasteiger charge is 2.46. The summed E-state index contributed by atoms with van der Waals surface area (Å²) in [7, 11) is 0. The number of hydrogen-bond donors (Lipinski definition) is 2. The van der Waals surface area contributed by atoms with Crippen molar-refractivity contribution in [2.45, 2.75) is 56.4 Å². The van der Waals surface area contributed by atoms with Crippen LogP contribution in [0.1, 0.15) is 62.1 Å². The Morgan fingerprint density at radius 3 is 2.69 bits per heavy atom. The van der Waals surface area contributed by atoms with Gasteiger partial charge in [-0.1, -0.05) is 30.7 Å². The number of fused-ring (bicyclic) bond motifs is 4. The summed E-state index contributed by atoms with van der Waals surface area (Å²) in [5, 5.41) is 12.0. The number of amides is 1. The van der Waals surface area contributed by atoms with Gasteiger partial charge in [-0.2, -0.15) is 0 Å². The molecule has 2 saturated carbocycles. The van der Waals surface area contributed by atoms with Gasteiger partial charge in [0.05, 0.1) is 6.04 Å². The van der Waals surface area contributed by atoms with Crippen molar-refractivity contribution in [3.05, 3.63) is 35.4 Å². The molecule has 4 atom stereocenters. The van der Waals surface area contributed by atoms with Gasteiger partial charge >= 0.3 is 6.09 Å². The first-order valence-corrected chi connectivity index (χ1v) is 10.4. The van der Waals surface area contributed by atoms with Crippen LogP contribution in [0.25, 0.3) is 0 Å². The molecule has 26 heavy (non-hydrogen) atoms. The number of nitrogens with zero attached hydrogens (tertiary/aromatic N) is 1. The molecule has 140 valence electrons. The third-order valence-corrected chi connectivity index (χ3v) is 7.99. The van der Waals surface area contributed by atoms with Gasteiger partial charge in [0.15, 0.2) is 0 Å². The van der Waals surface area contributed by atoms with E-state index in [2.05, 4.69) is 28.4 Å². The first-order valence-electron chi connectivity index (χ1n) is 10.4. The molecule has 0 unspecified atom stereocenters. The molecule has 3 fully saturated rings. The summed E-state index contributed by atoms with van der Waals surface area (Å²) in [5.41, 5.74) is 2.78. The molecule has 1 saturated heterocycles. The molecule has 4 nitrogen and oxygen atoms in total. The van der Waals surface area contributed by atoms with E-state index in [0.29, 0.717) is 0 Å². The van der Waals surface area contributed by atoms with E-state index in [1.54, 1.807) is 0 Å². The monoisotopic (exact) mass is 354 g/mol. The van der Waals surface area contributed by atoms with Crippen molar-refractivity contribution in [2.75, 3.05) is 19.6 Å². The Hall–Kier alpha value is -1.55. The number of benzene rings is 1. The van der Waals surface area contributed by atoms with Crippen molar-refractivity contribution in [3.8, 4) is 0 Å². The smallest absolute Gasteiger partial charge is 0.405 e. The van der Waals surface area contributed by atoms with E-state index in [9.17, 15) is 9.90 Å². The Balaban J connectivity index is 1.27. The van der Waals surface area contributed by atoms with Gasteiger partial charge in [-0.25, -0.2) is 4.79 Å². The van der Waals surface area contributed by atoms with Crippen molar-refractivity contribution < 1.29 is 9.90 Å². The average Bonchev–Trinajstić information content (AvgIpc) is 3.32. The molecule has 1 aliphatic heterocycles. The van der Waals surface area contributed by atoms with Crippen LogP contribution in [0.2, 0.25) is 0 Å². The van der Waals surface area contributed by atoms with E-state index in [1.807, 2.05) is 6.07 Å². The average molecular weight is 354 g/mol. The van der Waals surface area contributed by atoms with Crippen LogP contribution >= 0.6 is 0 Å². The van der Waals surface area contributed by atoms with E-state index in [4.69, 9.17) is 0 Å². The van der Waals surface area contributed by atoms with E-state index in [0.717, 1.165) is 24.2 Å². The fourth-order valence-electron chi connectivity index (χ4n) is 6.74. The van der Waals surface area contributed by atoms with Gasteiger partial charge in [-0.15, -0.1) is 0 Å². The van der Waals surface area contributed by atoms with Gasteiger partial charge in [-0.05, 0) is 80.5 Å². The highest BCUT2D eigenvalue weighted by molar-refractivity contribution is 5.66. The lowest BCUT2D eigenvalue weighted by Crippen LogP contribution is -2.44. The molecule has 1 aromatic carbocycles. The Kier molecular flexibility index (Phi) is 4.00. The van der Waals surface area contributed by atoms with Crippen molar-refractivity contribution in [1.29, 1.82) is 0 Å². The molecule has 2 bridgehead atoms. The normalized spacial score (nSPS) is 34.9. The number of likely N-dealkylation sites (tertiary alicyclic amines) is 1. The first kappa shape index (κ1) is 16.6. The fraction of sp³-hybridized carbons (Fsp3) is 0.682. The molecular weight excluding hydrogens is 324 g/mol. The molecule has 4 heteroatoms. The topological polar surface area (TPSA) is 52.6 Å². The van der Waals surface area contributed by atoms with Crippen LogP contribution in [0, 0.1) is 17.8 Å². The van der Waals surface area contributed by atoms with Gasteiger partial charge in [0, 0.05) is 12.0 Å². The van der Waals surface area contributed by atoms with Crippen LogP contribution in [0.15, 0.2) is 24.3 Å². The van der Waals surface area contributed by atoms with Gasteiger partial charge in [-0.3, -0.25) is 0 Å². The summed E-state index contributed by atoms with van der Waals surface area (Å²) in [6.45, 7) is 3.64. The highest BCUT2D eigenvalue weighted by atomic mass is 16.4. The zero-order valence-electron chi connectivity index (χ0n) is 15.5. The minimum atomic E-state index is -0.907. The second-order valence-electron chi connectivity index (χ2n) is 9.31. The summed E-state index contributed by atoms with van der Waals surface area (Å²) < 4.78 is 0. The van der Waals surface area contributed by atoms with Gasteiger partial charge in [0.1, 0.15) is 0 Å². The summed E-state index contributed by atoms with van der Waals surface area (Å²) in [6, 6.07) is 8.47. The predicted octanol–water partition coefficient (Wildman–Crippen LogP) is 4.17. The van der Waals surface area contributed by atoms with Crippen molar-refractivity contribution in [3.63, 3.8) is 0 Å². The quantitative estimate of drug-likeness (QED) is 0.856. The van der Waals surface area contributed by atoms with Crippen LogP contribution < -0.4 is 5.32 Å². The number of carbonyl (C=O) groups is 1. The molecule has 1 aromatic rings. The number of nitrogens with one attached hydrogen (secondary N) is 1. The van der Waals surface area contributed by atoms with Gasteiger partial charge in [0.25, 0.3) is 0 Å². The maximum Gasteiger partial charge on any atom is 0.405 e. The minimum absolute atomic E-state index is 0.0409. The summed E-state index contributed by atoms with van der Waals surface area (Å²) in [6.07, 6.45) is 8.29. The number of carboxylic acid groups (broad SMARTS) is 1. The van der Waals surface area contributed by atoms with Gasteiger partial charge in [0.2, 0.25) is 0 Å². The lowest BCUT2D eigenvalue weighted by Gasteiger charge is -2.42. The van der Waals surface area contributed by atoms with Crippen molar-refractivity contribution in [1.82, 2.24) is 10.2 Å². The Bertz CT molecular complexity index is 695. The SMILES string of the molecule is O=C(O)N[C@H]1CC2(CCN(C[C@H]3C[C@H]4CC[C@@H]3C4)CC2)c2ccccc21. The van der Waals surface area contributed by atoms with Crippen LogP contribution in [0.5, 0.6) is 0 Å². The Labute approximate surface area is 156 Å². The van der Waals surface area contributed by atoms with E-state index in [1.165, 1.54) is 69.3 Å². The van der Waals surface area contributed by atoms with Crippen LogP contribution in [0.4, 0.5) is 4.79 Å². The molecule has 5 rings (SSSR count). The van der Waals surface area contributed by atoms with Crippen molar-refractivity contribution >= 4 is 6.09 Å². The number of rotatable bonds is 3. The van der Waals surface area contributed by atoms with E-state index < -0.39 is 6.09 Å². The molecule has 1 spiro atoms. The van der Waals surface area contributed by atoms with E-state index in [-0.39, 0.29) is 11.5 Å². The summed E-state index contributed by atoms with van der Waals surface area (Å²) >= 11 is 0. The molecule has 0 radical (unpaired) electrons. The van der Waals surface area contributed by atoms with Gasteiger partial charge < -0.3 is 15.3 Å². The zero-order chi connectivity index (χ0) is 17.7. The number of piperidine rings is 1. The molecule has 3 aliphatic carbocycles. The second kappa shape index (κ2) is 6.26. The molecule has 1 amide bonds. The van der Waals surface area contributed by atoms with Crippen LogP contribution in [-0.4, -0.2) is 35.7 Å². The molecule has 4 aliphatic rings. The maximum atomic E-state index is 11.2. The Morgan fingerprint density at radius 1 is 1.19 bits per heavy atom. The summed E-state index contributed by atoms with van der Waals surface area (Å²) in [4.78, 5) is 13.9. The van der Waals surface area contributed by atoms with Crippen LogP contribution in [-0.2, 0) is 5.41 Å². The molecule has 0 aromatic heterocycles. The Morgan fingerprint density at radius 2 is 2.00 bits per heavy atom. The standard InChI is InChI=1S/C22H30N2O2/c25-21(26)23-20-13-22(19-4-2-1-3-18(19)20)7-9-24(10-8-22)14-17-12-15-5-6-16(17)11-15/h1-4,15-17,20,23H,5-14H2,(H,25,26)/t15-,16+,17+,20-/m0/s1. The molecule has 2 N–H and O–H groups in total. The van der Waals surface area contributed by atoms with Crippen molar-refractivity contribution in [2.24, 2.45) is 17.8 Å². The lowest BCUT2D eigenvalue weighted by molar-refractivity contribution is 0.119. The largest absolute Gasteiger partial charge is 0.465 e.